The van der Waals surface area contributed by atoms with Crippen molar-refractivity contribution in [2.75, 3.05) is 12.4 Å². The number of nitrogens with one attached hydrogen (secondary N) is 2. The van der Waals surface area contributed by atoms with Crippen LogP contribution in [0.1, 0.15) is 30.1 Å². The normalized spacial score (nSPS) is 14.1. The number of aromatic nitrogens is 2. The van der Waals surface area contributed by atoms with E-state index in [9.17, 15) is 8.42 Å². The van der Waals surface area contributed by atoms with E-state index in [1.54, 1.807) is 23.5 Å². The summed E-state index contributed by atoms with van der Waals surface area (Å²) in [6.45, 7) is 0.542. The molecule has 0 bridgehead atoms. The maximum absolute atomic E-state index is 11.9. The molecular formula is C23H22N4O2S2. The highest BCUT2D eigenvalue weighted by Crippen LogP contribution is 2.42. The Bertz CT molecular complexity index is 1330. The van der Waals surface area contributed by atoms with E-state index >= 15 is 0 Å². The number of hydrogen-bond donors (Lipinski definition) is 2. The van der Waals surface area contributed by atoms with Gasteiger partial charge in [0.2, 0.25) is 10.0 Å². The van der Waals surface area contributed by atoms with Crippen molar-refractivity contribution >= 4 is 37.4 Å². The highest BCUT2D eigenvalue weighted by atomic mass is 32.2. The lowest BCUT2D eigenvalue weighted by Gasteiger charge is -2.11. The van der Waals surface area contributed by atoms with Gasteiger partial charge in [0.05, 0.1) is 10.3 Å². The maximum Gasteiger partial charge on any atom is 0.240 e. The molecular weight excluding hydrogens is 428 g/mol. The molecule has 0 amide bonds. The van der Waals surface area contributed by atoms with Crippen molar-refractivity contribution < 1.29 is 8.42 Å². The van der Waals surface area contributed by atoms with Gasteiger partial charge in [-0.25, -0.2) is 23.1 Å². The van der Waals surface area contributed by atoms with Crippen LogP contribution in [0, 0.1) is 0 Å². The van der Waals surface area contributed by atoms with Gasteiger partial charge in [-0.1, -0.05) is 42.5 Å². The van der Waals surface area contributed by atoms with E-state index in [1.165, 1.54) is 7.05 Å². The van der Waals surface area contributed by atoms with Crippen LogP contribution in [0.15, 0.2) is 64.9 Å². The molecule has 2 aromatic carbocycles. The van der Waals surface area contributed by atoms with Gasteiger partial charge in [0.1, 0.15) is 16.5 Å². The summed E-state index contributed by atoms with van der Waals surface area (Å²) in [7, 11) is -2.03. The molecule has 5 rings (SSSR count). The lowest BCUT2D eigenvalue weighted by molar-refractivity contribution is 0.588. The third-order valence-electron chi connectivity index (χ3n) is 5.44. The van der Waals surface area contributed by atoms with Gasteiger partial charge >= 0.3 is 0 Å². The van der Waals surface area contributed by atoms with Crippen molar-refractivity contribution in [1.29, 1.82) is 0 Å². The number of sulfonamides is 1. The summed E-state index contributed by atoms with van der Waals surface area (Å²) >= 11 is 1.65. The van der Waals surface area contributed by atoms with E-state index in [0.29, 0.717) is 12.5 Å². The van der Waals surface area contributed by atoms with E-state index in [-0.39, 0.29) is 4.90 Å². The van der Waals surface area contributed by atoms with Gasteiger partial charge in [0, 0.05) is 23.4 Å². The number of benzene rings is 2. The van der Waals surface area contributed by atoms with Crippen LogP contribution >= 0.6 is 11.3 Å². The van der Waals surface area contributed by atoms with E-state index in [2.05, 4.69) is 27.6 Å². The van der Waals surface area contributed by atoms with Gasteiger partial charge in [-0.05, 0) is 43.1 Å². The molecule has 0 aliphatic heterocycles. The predicted octanol–water partition coefficient (Wildman–Crippen LogP) is 4.76. The van der Waals surface area contributed by atoms with Crippen molar-refractivity contribution in [2.24, 2.45) is 0 Å². The van der Waals surface area contributed by atoms with Crippen LogP contribution in [0.25, 0.3) is 21.3 Å². The van der Waals surface area contributed by atoms with Gasteiger partial charge in [-0.15, -0.1) is 11.3 Å². The largest absolute Gasteiger partial charge is 0.365 e. The Hall–Kier alpha value is -2.81. The Morgan fingerprint density at radius 2 is 1.77 bits per heavy atom. The van der Waals surface area contributed by atoms with Crippen LogP contribution in [0.3, 0.4) is 0 Å². The Labute approximate surface area is 185 Å². The topological polar surface area (TPSA) is 84.0 Å². The number of hydrogen-bond acceptors (Lipinski definition) is 6. The van der Waals surface area contributed by atoms with Crippen LogP contribution in [0.4, 0.5) is 5.82 Å². The average Bonchev–Trinajstić information content (AvgIpc) is 3.57. The number of thiophene rings is 1. The zero-order chi connectivity index (χ0) is 21.4. The van der Waals surface area contributed by atoms with Crippen molar-refractivity contribution in [2.45, 2.75) is 30.2 Å². The first-order chi connectivity index (χ1) is 15.0. The molecule has 0 radical (unpaired) electrons. The monoisotopic (exact) mass is 450 g/mol. The molecule has 2 N–H and O–H groups in total. The smallest absolute Gasteiger partial charge is 0.240 e. The zero-order valence-corrected chi connectivity index (χ0v) is 18.6. The fourth-order valence-electron chi connectivity index (χ4n) is 3.53. The first-order valence-corrected chi connectivity index (χ1v) is 12.5. The molecule has 0 saturated heterocycles. The molecule has 0 unspecified atom stereocenters. The van der Waals surface area contributed by atoms with E-state index in [4.69, 9.17) is 9.97 Å². The van der Waals surface area contributed by atoms with Crippen molar-refractivity contribution in [3.8, 4) is 11.1 Å². The van der Waals surface area contributed by atoms with Gasteiger partial charge in [0.15, 0.2) is 0 Å². The number of rotatable bonds is 7. The SMILES string of the molecule is CNS(=O)(=O)c1ccc(CNc2nc(C3CC3)nc3scc(-c4ccccc4)c23)cc1. The Kier molecular flexibility index (Phi) is 5.21. The minimum absolute atomic E-state index is 0.253. The highest BCUT2D eigenvalue weighted by molar-refractivity contribution is 7.89. The summed E-state index contributed by atoms with van der Waals surface area (Å²) in [5, 5.41) is 6.67. The van der Waals surface area contributed by atoms with E-state index < -0.39 is 10.0 Å². The van der Waals surface area contributed by atoms with E-state index in [1.807, 2.05) is 30.3 Å². The Morgan fingerprint density at radius 1 is 1.03 bits per heavy atom. The van der Waals surface area contributed by atoms with Crippen LogP contribution in [0.2, 0.25) is 0 Å². The fourth-order valence-corrected chi connectivity index (χ4v) is 5.21. The van der Waals surface area contributed by atoms with Crippen molar-refractivity contribution in [3.63, 3.8) is 0 Å². The van der Waals surface area contributed by atoms with Crippen LogP contribution in [-0.2, 0) is 16.6 Å². The lowest BCUT2D eigenvalue weighted by Crippen LogP contribution is -2.18. The molecule has 1 aliphatic carbocycles. The predicted molar refractivity (Wildman–Crippen MR) is 125 cm³/mol. The van der Waals surface area contributed by atoms with Crippen LogP contribution < -0.4 is 10.0 Å². The Morgan fingerprint density at radius 3 is 2.45 bits per heavy atom. The quantitative estimate of drug-likeness (QED) is 0.424. The van der Waals surface area contributed by atoms with Gasteiger partial charge in [0.25, 0.3) is 0 Å². The second kappa shape index (κ2) is 8.03. The summed E-state index contributed by atoms with van der Waals surface area (Å²) in [5.74, 6) is 2.20. The molecule has 2 heterocycles. The molecule has 158 valence electrons. The minimum atomic E-state index is -3.44. The summed E-state index contributed by atoms with van der Waals surface area (Å²) in [6, 6.07) is 17.2. The standard InChI is InChI=1S/C23H22N4O2S2/c1-24-31(28,29)18-11-7-15(8-12-18)13-25-22-20-19(16-5-3-2-4-6-16)14-30-23(20)27-21(26-22)17-9-10-17/h2-8,11-12,14,17,24H,9-10,13H2,1H3,(H,25,26,27). The second-order valence-corrected chi connectivity index (χ2v) is 10.3. The highest BCUT2D eigenvalue weighted by Gasteiger charge is 2.28. The summed E-state index contributed by atoms with van der Waals surface area (Å²) < 4.78 is 26.2. The molecule has 1 aliphatic rings. The second-order valence-electron chi connectivity index (χ2n) is 7.61. The van der Waals surface area contributed by atoms with Gasteiger partial charge < -0.3 is 5.32 Å². The molecule has 2 aromatic heterocycles. The first kappa shape index (κ1) is 20.1. The van der Waals surface area contributed by atoms with Gasteiger partial charge in [-0.2, -0.15) is 0 Å². The average molecular weight is 451 g/mol. The molecule has 0 spiro atoms. The van der Waals surface area contributed by atoms with Crippen LogP contribution in [-0.4, -0.2) is 25.4 Å². The first-order valence-electron chi connectivity index (χ1n) is 10.2. The number of fused-ring (bicyclic) bond motifs is 1. The number of anilines is 1. The fraction of sp³-hybridized carbons (Fsp3) is 0.217. The lowest BCUT2D eigenvalue weighted by atomic mass is 10.1. The molecule has 0 atom stereocenters. The molecule has 31 heavy (non-hydrogen) atoms. The van der Waals surface area contributed by atoms with E-state index in [0.717, 1.165) is 51.4 Å². The van der Waals surface area contributed by atoms with Crippen LogP contribution in [0.5, 0.6) is 0 Å². The summed E-state index contributed by atoms with van der Waals surface area (Å²) in [5.41, 5.74) is 3.24. The summed E-state index contributed by atoms with van der Waals surface area (Å²) in [4.78, 5) is 11.0. The molecule has 4 aromatic rings. The van der Waals surface area contributed by atoms with Crippen molar-refractivity contribution in [1.82, 2.24) is 14.7 Å². The third kappa shape index (κ3) is 4.06. The third-order valence-corrected chi connectivity index (χ3v) is 7.74. The van der Waals surface area contributed by atoms with Crippen molar-refractivity contribution in [3.05, 3.63) is 71.4 Å². The van der Waals surface area contributed by atoms with Gasteiger partial charge in [-0.3, -0.25) is 0 Å². The zero-order valence-electron chi connectivity index (χ0n) is 17.0. The minimum Gasteiger partial charge on any atom is -0.365 e. The molecule has 1 fully saturated rings. The Balaban J connectivity index is 1.49. The molecule has 1 saturated carbocycles. The maximum atomic E-state index is 11.9. The number of nitrogens with zero attached hydrogens (tertiary/aromatic N) is 2. The molecule has 8 heteroatoms. The molecule has 6 nitrogen and oxygen atoms in total. The summed E-state index contributed by atoms with van der Waals surface area (Å²) in [6.07, 6.45) is 2.28.